The van der Waals surface area contributed by atoms with Crippen molar-refractivity contribution in [1.82, 2.24) is 9.88 Å². The van der Waals surface area contributed by atoms with E-state index in [-0.39, 0.29) is 23.9 Å². The lowest BCUT2D eigenvalue weighted by Gasteiger charge is -2.36. The summed E-state index contributed by atoms with van der Waals surface area (Å²) in [5.41, 5.74) is 4.89. The minimum atomic E-state index is -4.37. The third-order valence-electron chi connectivity index (χ3n) is 6.10. The predicted octanol–water partition coefficient (Wildman–Crippen LogP) is 2.76. The van der Waals surface area contributed by atoms with Gasteiger partial charge in [0.1, 0.15) is 5.82 Å². The van der Waals surface area contributed by atoms with Crippen molar-refractivity contribution in [2.75, 3.05) is 25.0 Å². The average Bonchev–Trinajstić information content (AvgIpc) is 3.13. The van der Waals surface area contributed by atoms with E-state index < -0.39 is 11.7 Å². The summed E-state index contributed by atoms with van der Waals surface area (Å²) in [6.45, 7) is 5.51. The number of halogens is 3. The van der Waals surface area contributed by atoms with Crippen molar-refractivity contribution >= 4 is 11.7 Å². The number of primary amides is 1. The van der Waals surface area contributed by atoms with E-state index in [4.69, 9.17) is 5.73 Å². The number of amides is 1. The molecule has 2 aliphatic rings. The maximum atomic E-state index is 12.7. The number of nitrogens with two attached hydrogens (primary N) is 1. The quantitative estimate of drug-likeness (QED) is 0.848. The topological polar surface area (TPSA) is 62.5 Å². The SMILES string of the molecule is CC(C)[C@@H](C(N)=O)N(C)[C@H]1CC[C@@H]2CN(c3ccc(C(F)(F)F)cn3)C[C@@H]21. The number of hydrogen-bond acceptors (Lipinski definition) is 4. The molecule has 0 bridgehead atoms. The van der Waals surface area contributed by atoms with Gasteiger partial charge >= 0.3 is 6.18 Å². The van der Waals surface area contributed by atoms with Crippen molar-refractivity contribution < 1.29 is 18.0 Å². The summed E-state index contributed by atoms with van der Waals surface area (Å²) in [4.78, 5) is 20.1. The van der Waals surface area contributed by atoms with Crippen LogP contribution in [0.5, 0.6) is 0 Å². The Morgan fingerprint density at radius 2 is 2.00 bits per heavy atom. The lowest BCUT2D eigenvalue weighted by molar-refractivity contribution is -0.137. The fraction of sp³-hybridized carbons (Fsp3) is 0.684. The van der Waals surface area contributed by atoms with Crippen LogP contribution < -0.4 is 10.6 Å². The molecule has 1 saturated carbocycles. The van der Waals surface area contributed by atoms with Crippen LogP contribution in [0, 0.1) is 17.8 Å². The Kier molecular flexibility index (Phi) is 5.38. The summed E-state index contributed by atoms with van der Waals surface area (Å²) in [5, 5.41) is 0. The first-order valence-corrected chi connectivity index (χ1v) is 9.39. The fourth-order valence-electron chi connectivity index (χ4n) is 4.88. The van der Waals surface area contributed by atoms with Gasteiger partial charge in [-0.2, -0.15) is 13.2 Å². The predicted molar refractivity (Wildman–Crippen MR) is 97.0 cm³/mol. The van der Waals surface area contributed by atoms with Gasteiger partial charge in [0, 0.05) is 25.3 Å². The van der Waals surface area contributed by atoms with Gasteiger partial charge in [-0.15, -0.1) is 0 Å². The molecule has 2 N–H and O–H groups in total. The molecule has 1 aliphatic heterocycles. The van der Waals surface area contributed by atoms with E-state index in [0.717, 1.165) is 38.2 Å². The van der Waals surface area contributed by atoms with Crippen molar-refractivity contribution in [2.24, 2.45) is 23.5 Å². The number of anilines is 1. The third kappa shape index (κ3) is 3.90. The number of fused-ring (bicyclic) bond motifs is 1. The normalized spacial score (nSPS) is 26.7. The van der Waals surface area contributed by atoms with Crippen LogP contribution in [0.1, 0.15) is 32.3 Å². The molecule has 27 heavy (non-hydrogen) atoms. The van der Waals surface area contributed by atoms with Gasteiger partial charge in [-0.25, -0.2) is 4.98 Å². The summed E-state index contributed by atoms with van der Waals surface area (Å²) >= 11 is 0. The summed E-state index contributed by atoms with van der Waals surface area (Å²) in [5.74, 6) is 1.21. The Hall–Kier alpha value is -1.83. The second kappa shape index (κ2) is 7.30. The van der Waals surface area contributed by atoms with Crippen LogP contribution in [-0.4, -0.2) is 48.0 Å². The number of rotatable bonds is 5. The van der Waals surface area contributed by atoms with E-state index in [0.29, 0.717) is 17.7 Å². The Morgan fingerprint density at radius 1 is 1.30 bits per heavy atom. The van der Waals surface area contributed by atoms with E-state index in [9.17, 15) is 18.0 Å². The van der Waals surface area contributed by atoms with Crippen LogP contribution in [0.25, 0.3) is 0 Å². The molecule has 2 fully saturated rings. The number of pyridine rings is 1. The number of alkyl halides is 3. The summed E-state index contributed by atoms with van der Waals surface area (Å²) in [6, 6.07) is 2.46. The first-order valence-electron chi connectivity index (χ1n) is 9.39. The zero-order chi connectivity index (χ0) is 19.9. The maximum Gasteiger partial charge on any atom is 0.417 e. The van der Waals surface area contributed by atoms with Crippen molar-refractivity contribution in [1.29, 1.82) is 0 Å². The molecule has 3 rings (SSSR count). The number of likely N-dealkylation sites (N-methyl/N-ethyl adjacent to an activating group) is 1. The summed E-state index contributed by atoms with van der Waals surface area (Å²) in [7, 11) is 1.96. The Morgan fingerprint density at radius 3 is 2.52 bits per heavy atom. The van der Waals surface area contributed by atoms with Gasteiger partial charge in [-0.05, 0) is 49.8 Å². The molecule has 0 unspecified atom stereocenters. The number of aromatic nitrogens is 1. The summed E-state index contributed by atoms with van der Waals surface area (Å²) in [6.07, 6.45) is -1.42. The largest absolute Gasteiger partial charge is 0.417 e. The fourth-order valence-corrected chi connectivity index (χ4v) is 4.88. The monoisotopic (exact) mass is 384 g/mol. The van der Waals surface area contributed by atoms with Crippen LogP contribution in [-0.2, 0) is 11.0 Å². The molecule has 1 saturated heterocycles. The van der Waals surface area contributed by atoms with Gasteiger partial charge in [0.25, 0.3) is 0 Å². The van der Waals surface area contributed by atoms with Gasteiger partial charge in [-0.1, -0.05) is 13.8 Å². The molecule has 2 heterocycles. The average molecular weight is 384 g/mol. The number of hydrogen-bond donors (Lipinski definition) is 1. The standard InChI is InChI=1S/C19H27F3N4O/c1-11(2)17(18(23)27)25(3)15-6-4-12-9-26(10-14(12)15)16-7-5-13(8-24-16)19(20,21)22/h5,7-8,11-12,14-15,17H,4,6,9-10H2,1-3H3,(H2,23,27)/t12-,14+,15+,17+/m1/s1. The molecule has 1 amide bonds. The Balaban J connectivity index is 1.72. The Bertz CT molecular complexity index is 677. The minimum Gasteiger partial charge on any atom is -0.368 e. The van der Waals surface area contributed by atoms with E-state index in [1.165, 1.54) is 6.07 Å². The highest BCUT2D eigenvalue weighted by atomic mass is 19.4. The van der Waals surface area contributed by atoms with Crippen molar-refractivity contribution in [3.63, 3.8) is 0 Å². The molecule has 0 radical (unpaired) electrons. The third-order valence-corrected chi connectivity index (χ3v) is 6.10. The zero-order valence-electron chi connectivity index (χ0n) is 15.9. The number of carbonyl (C=O) groups is 1. The second-order valence-electron chi connectivity index (χ2n) is 8.13. The first kappa shape index (κ1) is 19.9. The van der Waals surface area contributed by atoms with Crippen LogP contribution in [0.15, 0.2) is 18.3 Å². The van der Waals surface area contributed by atoms with Crippen molar-refractivity contribution in [3.8, 4) is 0 Å². The van der Waals surface area contributed by atoms with E-state index in [1.807, 2.05) is 20.9 Å². The molecule has 1 aromatic heterocycles. The van der Waals surface area contributed by atoms with E-state index in [1.54, 1.807) is 0 Å². The van der Waals surface area contributed by atoms with Gasteiger partial charge in [-0.3, -0.25) is 9.69 Å². The van der Waals surface area contributed by atoms with Gasteiger partial charge < -0.3 is 10.6 Å². The highest BCUT2D eigenvalue weighted by molar-refractivity contribution is 5.80. The smallest absolute Gasteiger partial charge is 0.368 e. The molecule has 150 valence electrons. The highest BCUT2D eigenvalue weighted by Gasteiger charge is 2.46. The maximum absolute atomic E-state index is 12.7. The molecule has 8 heteroatoms. The lowest BCUT2D eigenvalue weighted by Crippen LogP contribution is -2.52. The van der Waals surface area contributed by atoms with Crippen molar-refractivity contribution in [2.45, 2.75) is 44.9 Å². The first-order chi connectivity index (χ1) is 12.6. The van der Waals surface area contributed by atoms with Crippen LogP contribution in [0.3, 0.4) is 0 Å². The molecule has 0 spiro atoms. The van der Waals surface area contributed by atoms with Gasteiger partial charge in [0.05, 0.1) is 11.6 Å². The molecule has 0 aromatic carbocycles. The van der Waals surface area contributed by atoms with Crippen LogP contribution >= 0.6 is 0 Å². The van der Waals surface area contributed by atoms with Crippen molar-refractivity contribution in [3.05, 3.63) is 23.9 Å². The molecule has 1 aromatic rings. The van der Waals surface area contributed by atoms with E-state index in [2.05, 4.69) is 14.8 Å². The lowest BCUT2D eigenvalue weighted by atomic mass is 9.93. The van der Waals surface area contributed by atoms with Gasteiger partial charge in [0.2, 0.25) is 5.91 Å². The number of carbonyl (C=O) groups excluding carboxylic acids is 1. The molecular weight excluding hydrogens is 357 g/mol. The molecular formula is C19H27F3N4O. The van der Waals surface area contributed by atoms with Crippen LogP contribution in [0.2, 0.25) is 0 Å². The molecule has 4 atom stereocenters. The highest BCUT2D eigenvalue weighted by Crippen LogP contribution is 2.42. The number of nitrogens with zero attached hydrogens (tertiary/aromatic N) is 3. The molecule has 5 nitrogen and oxygen atoms in total. The van der Waals surface area contributed by atoms with Crippen LogP contribution in [0.4, 0.5) is 19.0 Å². The second-order valence-corrected chi connectivity index (χ2v) is 8.13. The zero-order valence-corrected chi connectivity index (χ0v) is 15.9. The van der Waals surface area contributed by atoms with Gasteiger partial charge in [0.15, 0.2) is 0 Å². The summed E-state index contributed by atoms with van der Waals surface area (Å²) < 4.78 is 38.2. The van der Waals surface area contributed by atoms with E-state index >= 15 is 0 Å². The molecule has 1 aliphatic carbocycles. The Labute approximate surface area is 157 Å². The minimum absolute atomic E-state index is 0.126.